The molecule has 0 atom stereocenters. The van der Waals surface area contributed by atoms with Crippen molar-refractivity contribution in [3.63, 3.8) is 0 Å². The monoisotopic (exact) mass is 308 g/mol. The summed E-state index contributed by atoms with van der Waals surface area (Å²) >= 11 is 5.86. The van der Waals surface area contributed by atoms with Gasteiger partial charge in [-0.15, -0.1) is 0 Å². The van der Waals surface area contributed by atoms with E-state index in [9.17, 15) is 9.18 Å². The van der Waals surface area contributed by atoms with Gasteiger partial charge >= 0.3 is 0 Å². The molecule has 0 fully saturated rings. The number of ether oxygens (including phenoxy) is 2. The maximum Gasteiger partial charge on any atom is 0.171 e. The van der Waals surface area contributed by atoms with Crippen LogP contribution >= 0.6 is 11.6 Å². The Balaban J connectivity index is 2.30. The molecule has 0 unspecified atom stereocenters. The second-order valence-corrected chi connectivity index (χ2v) is 4.81. The van der Waals surface area contributed by atoms with E-state index in [-0.39, 0.29) is 23.5 Å². The zero-order valence-corrected chi connectivity index (χ0v) is 12.4. The van der Waals surface area contributed by atoms with Crippen LogP contribution in [0.4, 0.5) is 4.39 Å². The van der Waals surface area contributed by atoms with Crippen molar-refractivity contribution in [2.45, 2.75) is 6.42 Å². The molecule has 2 aromatic rings. The van der Waals surface area contributed by atoms with Crippen LogP contribution in [0, 0.1) is 5.82 Å². The Kier molecular flexibility index (Phi) is 4.81. The summed E-state index contributed by atoms with van der Waals surface area (Å²) in [6, 6.07) is 9.42. The Morgan fingerprint density at radius 2 is 1.86 bits per heavy atom. The number of ketones is 1. The number of rotatable bonds is 5. The minimum atomic E-state index is -0.527. The van der Waals surface area contributed by atoms with E-state index >= 15 is 0 Å². The van der Waals surface area contributed by atoms with Crippen LogP contribution in [0.15, 0.2) is 36.4 Å². The van der Waals surface area contributed by atoms with E-state index in [4.69, 9.17) is 21.1 Å². The number of hydrogen-bond acceptors (Lipinski definition) is 3. The first kappa shape index (κ1) is 15.3. The lowest BCUT2D eigenvalue weighted by atomic mass is 10.0. The van der Waals surface area contributed by atoms with Crippen molar-refractivity contribution >= 4 is 17.4 Å². The fourth-order valence-electron chi connectivity index (χ4n) is 2.01. The van der Waals surface area contributed by atoms with E-state index in [0.29, 0.717) is 16.3 Å². The Morgan fingerprint density at radius 1 is 1.14 bits per heavy atom. The first-order valence-electron chi connectivity index (χ1n) is 6.25. The van der Waals surface area contributed by atoms with Gasteiger partial charge in [0.2, 0.25) is 0 Å². The minimum Gasteiger partial charge on any atom is -0.496 e. The molecule has 5 heteroatoms. The van der Waals surface area contributed by atoms with Crippen LogP contribution in [0.1, 0.15) is 15.9 Å². The smallest absolute Gasteiger partial charge is 0.171 e. The molecule has 0 radical (unpaired) electrons. The molecule has 0 aliphatic carbocycles. The van der Waals surface area contributed by atoms with Gasteiger partial charge in [-0.2, -0.15) is 0 Å². The molecular weight excluding hydrogens is 295 g/mol. The highest BCUT2D eigenvalue weighted by molar-refractivity contribution is 6.30. The first-order valence-corrected chi connectivity index (χ1v) is 6.62. The van der Waals surface area contributed by atoms with Crippen LogP contribution in [0.2, 0.25) is 5.02 Å². The lowest BCUT2D eigenvalue weighted by Gasteiger charge is -2.10. The zero-order chi connectivity index (χ0) is 15.4. The van der Waals surface area contributed by atoms with Crippen LogP contribution in [0.25, 0.3) is 0 Å². The number of halogens is 2. The van der Waals surface area contributed by atoms with Gasteiger partial charge in [0.05, 0.1) is 19.8 Å². The van der Waals surface area contributed by atoms with Crippen molar-refractivity contribution in [2.24, 2.45) is 0 Å². The SMILES string of the molecule is COc1cc(Cl)ccc1C(=O)Cc1cccc(OC)c1F. The molecule has 0 aliphatic rings. The third-order valence-corrected chi connectivity index (χ3v) is 3.31. The fraction of sp³-hybridized carbons (Fsp3) is 0.188. The summed E-state index contributed by atoms with van der Waals surface area (Å²) in [4.78, 5) is 12.3. The van der Waals surface area contributed by atoms with Gasteiger partial charge in [-0.3, -0.25) is 4.79 Å². The summed E-state index contributed by atoms with van der Waals surface area (Å²) in [5.41, 5.74) is 0.639. The molecule has 0 saturated heterocycles. The van der Waals surface area contributed by atoms with Crippen LogP contribution in [0.3, 0.4) is 0 Å². The zero-order valence-electron chi connectivity index (χ0n) is 11.7. The summed E-state index contributed by atoms with van der Waals surface area (Å²) in [7, 11) is 2.83. The van der Waals surface area contributed by atoms with Gasteiger partial charge in [0.25, 0.3) is 0 Å². The van der Waals surface area contributed by atoms with Gasteiger partial charge in [0, 0.05) is 11.4 Å². The molecule has 0 amide bonds. The summed E-state index contributed by atoms with van der Waals surface area (Å²) in [6.07, 6.45) is -0.0823. The van der Waals surface area contributed by atoms with Crippen molar-refractivity contribution in [1.29, 1.82) is 0 Å². The van der Waals surface area contributed by atoms with E-state index in [1.807, 2.05) is 0 Å². The Bertz CT molecular complexity index is 671. The molecule has 0 spiro atoms. The lowest BCUT2D eigenvalue weighted by Crippen LogP contribution is -2.07. The second-order valence-electron chi connectivity index (χ2n) is 4.38. The van der Waals surface area contributed by atoms with E-state index in [1.165, 1.54) is 20.3 Å². The largest absolute Gasteiger partial charge is 0.496 e. The number of benzene rings is 2. The molecule has 0 N–H and O–H groups in total. The molecule has 0 heterocycles. The van der Waals surface area contributed by atoms with Gasteiger partial charge < -0.3 is 9.47 Å². The standard InChI is InChI=1S/C16H14ClFO3/c1-20-14-5-3-4-10(16(14)18)8-13(19)12-7-6-11(17)9-15(12)21-2/h3-7,9H,8H2,1-2H3. The Morgan fingerprint density at radius 3 is 2.52 bits per heavy atom. The Labute approximate surface area is 127 Å². The number of carbonyl (C=O) groups excluding carboxylic acids is 1. The van der Waals surface area contributed by atoms with Crippen LogP contribution in [-0.2, 0) is 6.42 Å². The number of hydrogen-bond donors (Lipinski definition) is 0. The second kappa shape index (κ2) is 6.59. The fourth-order valence-corrected chi connectivity index (χ4v) is 2.18. The van der Waals surface area contributed by atoms with Crippen molar-refractivity contribution in [3.8, 4) is 11.5 Å². The van der Waals surface area contributed by atoms with Crippen LogP contribution in [0.5, 0.6) is 11.5 Å². The summed E-state index contributed by atoms with van der Waals surface area (Å²) < 4.78 is 24.1. The summed E-state index contributed by atoms with van der Waals surface area (Å²) in [5, 5.41) is 0.468. The van der Waals surface area contributed by atoms with Crippen LogP contribution < -0.4 is 9.47 Å². The normalized spacial score (nSPS) is 10.3. The maximum absolute atomic E-state index is 14.1. The highest BCUT2D eigenvalue weighted by Gasteiger charge is 2.17. The molecule has 3 nitrogen and oxygen atoms in total. The molecule has 21 heavy (non-hydrogen) atoms. The van der Waals surface area contributed by atoms with Crippen molar-refractivity contribution in [1.82, 2.24) is 0 Å². The lowest BCUT2D eigenvalue weighted by molar-refractivity contribution is 0.0989. The molecule has 2 rings (SSSR count). The molecule has 0 bridgehead atoms. The predicted molar refractivity (Wildman–Crippen MR) is 79.0 cm³/mol. The Hall–Kier alpha value is -2.07. The number of methoxy groups -OCH3 is 2. The van der Waals surface area contributed by atoms with Gasteiger partial charge in [-0.1, -0.05) is 23.7 Å². The number of Topliss-reactive ketones (excluding diaryl/α,β-unsaturated/α-hetero) is 1. The van der Waals surface area contributed by atoms with Gasteiger partial charge in [-0.25, -0.2) is 4.39 Å². The van der Waals surface area contributed by atoms with E-state index in [2.05, 4.69) is 0 Å². The summed E-state index contributed by atoms with van der Waals surface area (Å²) in [6.45, 7) is 0. The quantitative estimate of drug-likeness (QED) is 0.785. The van der Waals surface area contributed by atoms with Gasteiger partial charge in [-0.05, 0) is 29.8 Å². The maximum atomic E-state index is 14.1. The van der Waals surface area contributed by atoms with Crippen molar-refractivity contribution < 1.29 is 18.7 Å². The number of carbonyl (C=O) groups is 1. The first-order chi connectivity index (χ1) is 10.1. The highest BCUT2D eigenvalue weighted by Crippen LogP contribution is 2.26. The average Bonchev–Trinajstić information content (AvgIpc) is 2.49. The van der Waals surface area contributed by atoms with Crippen molar-refractivity contribution in [2.75, 3.05) is 14.2 Å². The molecule has 0 aromatic heterocycles. The highest BCUT2D eigenvalue weighted by atomic mass is 35.5. The third kappa shape index (κ3) is 3.34. The van der Waals surface area contributed by atoms with E-state index < -0.39 is 5.82 Å². The molecule has 110 valence electrons. The van der Waals surface area contributed by atoms with Gasteiger partial charge in [0.1, 0.15) is 5.75 Å². The third-order valence-electron chi connectivity index (χ3n) is 3.08. The average molecular weight is 309 g/mol. The minimum absolute atomic E-state index is 0.0823. The molecular formula is C16H14ClFO3. The van der Waals surface area contributed by atoms with E-state index in [1.54, 1.807) is 30.3 Å². The summed E-state index contributed by atoms with van der Waals surface area (Å²) in [5.74, 6) is -0.295. The van der Waals surface area contributed by atoms with E-state index in [0.717, 1.165) is 0 Å². The predicted octanol–water partition coefficient (Wildman–Crippen LogP) is 3.92. The molecule has 0 saturated carbocycles. The van der Waals surface area contributed by atoms with Crippen LogP contribution in [-0.4, -0.2) is 20.0 Å². The van der Waals surface area contributed by atoms with Gasteiger partial charge in [0.15, 0.2) is 17.3 Å². The molecule has 0 aliphatic heterocycles. The topological polar surface area (TPSA) is 35.5 Å². The van der Waals surface area contributed by atoms with Crippen molar-refractivity contribution in [3.05, 3.63) is 58.4 Å². The molecule has 2 aromatic carbocycles.